The van der Waals surface area contributed by atoms with Gasteiger partial charge >= 0.3 is 5.91 Å². The maximum atomic E-state index is 13.8. The summed E-state index contributed by atoms with van der Waals surface area (Å²) in [5, 5.41) is 12.1. The van der Waals surface area contributed by atoms with E-state index in [2.05, 4.69) is 6.92 Å². The van der Waals surface area contributed by atoms with Gasteiger partial charge in [-0.15, -0.1) is 0 Å². The maximum absolute atomic E-state index is 13.8. The quantitative estimate of drug-likeness (QED) is 0.0856. The molecule has 2 atom stereocenters. The Kier molecular flexibility index (Phi) is 8.31. The number of anilines is 1. The summed E-state index contributed by atoms with van der Waals surface area (Å²) in [6.45, 7) is 8.97. The molecule has 3 heterocycles. The number of Topliss-reactive ketones (excluding diaryl/α,β-unsaturated/α-hetero) is 1. The standard InChI is InChI=1S/C35H36N2O6S/c1-5-7-8-15-42-27-14-10-22(19-28(27)41-6-2)31-30(32(38)23-11-13-26-24(18-23)17-21(4)43-26)33(39)34(40)37(31)35-36-25-12-9-20(3)16-29(25)44-35/h9-14,16,18-19,21,31,38H,5-8,15,17H2,1-4H3. The van der Waals surface area contributed by atoms with E-state index in [1.165, 1.54) is 16.2 Å². The van der Waals surface area contributed by atoms with Gasteiger partial charge in [0, 0.05) is 12.0 Å². The third kappa shape index (κ3) is 5.52. The molecule has 4 aromatic rings. The van der Waals surface area contributed by atoms with Crippen LogP contribution in [0.2, 0.25) is 0 Å². The second-order valence-electron chi connectivity index (χ2n) is 11.3. The van der Waals surface area contributed by atoms with Gasteiger partial charge in [-0.3, -0.25) is 14.5 Å². The summed E-state index contributed by atoms with van der Waals surface area (Å²) in [5.41, 5.74) is 3.79. The molecule has 8 nitrogen and oxygen atoms in total. The molecule has 1 amide bonds. The van der Waals surface area contributed by atoms with Crippen molar-refractivity contribution in [2.45, 2.75) is 65.5 Å². The van der Waals surface area contributed by atoms with Crippen LogP contribution in [-0.4, -0.2) is 41.1 Å². The number of unbranched alkanes of at least 4 members (excludes halogenated alkanes) is 2. The number of benzene rings is 3. The fraction of sp³-hybridized carbons (Fsp3) is 0.343. The highest BCUT2D eigenvalue weighted by Crippen LogP contribution is 2.46. The molecular weight excluding hydrogens is 576 g/mol. The number of nitrogens with zero attached hydrogens (tertiary/aromatic N) is 2. The summed E-state index contributed by atoms with van der Waals surface area (Å²) in [4.78, 5) is 33.8. The molecule has 0 saturated carbocycles. The predicted octanol–water partition coefficient (Wildman–Crippen LogP) is 7.52. The van der Waals surface area contributed by atoms with Crippen LogP contribution in [0.3, 0.4) is 0 Å². The van der Waals surface area contributed by atoms with E-state index >= 15 is 0 Å². The van der Waals surface area contributed by atoms with E-state index in [4.69, 9.17) is 19.2 Å². The molecule has 0 aliphatic carbocycles. The summed E-state index contributed by atoms with van der Waals surface area (Å²) < 4.78 is 18.8. The van der Waals surface area contributed by atoms with Crippen molar-refractivity contribution in [3.05, 3.63) is 82.4 Å². The second-order valence-corrected chi connectivity index (χ2v) is 12.3. The van der Waals surface area contributed by atoms with Gasteiger partial charge in [0.1, 0.15) is 17.6 Å². The third-order valence-electron chi connectivity index (χ3n) is 7.94. The SMILES string of the molecule is CCCCCOc1ccc(C2C(=C(O)c3ccc4c(c3)CC(C)O4)C(=O)C(=O)N2c2nc3ccc(C)cc3s2)cc1OCC. The van der Waals surface area contributed by atoms with Crippen LogP contribution in [0, 0.1) is 6.92 Å². The Morgan fingerprint density at radius 1 is 1.05 bits per heavy atom. The lowest BCUT2D eigenvalue weighted by molar-refractivity contribution is -0.132. The number of amides is 1. The first kappa shape index (κ1) is 29.7. The molecular formula is C35H36N2O6S. The molecule has 1 N–H and O–H groups in total. The topological polar surface area (TPSA) is 98.2 Å². The van der Waals surface area contributed by atoms with Gasteiger partial charge in [0.05, 0.1) is 35.0 Å². The van der Waals surface area contributed by atoms with Crippen LogP contribution in [0.5, 0.6) is 17.2 Å². The fourth-order valence-electron chi connectivity index (χ4n) is 5.81. The number of aryl methyl sites for hydroxylation is 1. The van der Waals surface area contributed by atoms with Crippen molar-refractivity contribution in [3.8, 4) is 17.2 Å². The summed E-state index contributed by atoms with van der Waals surface area (Å²) in [5.74, 6) is 0.0939. The fourth-order valence-corrected chi connectivity index (χ4v) is 6.90. The molecule has 9 heteroatoms. The summed E-state index contributed by atoms with van der Waals surface area (Å²) in [6, 6.07) is 15.7. The van der Waals surface area contributed by atoms with Crippen molar-refractivity contribution in [1.29, 1.82) is 0 Å². The van der Waals surface area contributed by atoms with Crippen molar-refractivity contribution in [3.63, 3.8) is 0 Å². The number of ketones is 1. The number of aromatic nitrogens is 1. The first-order chi connectivity index (χ1) is 21.3. The first-order valence-corrected chi connectivity index (χ1v) is 16.0. The van der Waals surface area contributed by atoms with Crippen LogP contribution in [-0.2, 0) is 16.0 Å². The minimum Gasteiger partial charge on any atom is -0.507 e. The number of hydrogen-bond donors (Lipinski definition) is 1. The van der Waals surface area contributed by atoms with Crippen molar-refractivity contribution in [2.24, 2.45) is 0 Å². The molecule has 2 aliphatic rings. The number of thiazole rings is 1. The maximum Gasteiger partial charge on any atom is 0.301 e. The van der Waals surface area contributed by atoms with Crippen LogP contribution in [0.15, 0.2) is 60.2 Å². The first-order valence-electron chi connectivity index (χ1n) is 15.2. The van der Waals surface area contributed by atoms with E-state index in [1.54, 1.807) is 18.2 Å². The van der Waals surface area contributed by atoms with Crippen molar-refractivity contribution in [2.75, 3.05) is 18.1 Å². The van der Waals surface area contributed by atoms with Crippen molar-refractivity contribution in [1.82, 2.24) is 4.98 Å². The smallest absolute Gasteiger partial charge is 0.301 e. The van der Waals surface area contributed by atoms with E-state index in [0.717, 1.165) is 46.4 Å². The van der Waals surface area contributed by atoms with Gasteiger partial charge in [0.25, 0.3) is 5.78 Å². The molecule has 3 aromatic carbocycles. The van der Waals surface area contributed by atoms with Crippen molar-refractivity contribution < 1.29 is 28.9 Å². The lowest BCUT2D eigenvalue weighted by Gasteiger charge is -2.24. The number of hydrogen-bond acceptors (Lipinski definition) is 8. The molecule has 228 valence electrons. The largest absolute Gasteiger partial charge is 0.507 e. The van der Waals surface area contributed by atoms with Gasteiger partial charge in [0.15, 0.2) is 16.6 Å². The summed E-state index contributed by atoms with van der Waals surface area (Å²) >= 11 is 1.34. The van der Waals surface area contributed by atoms with Gasteiger partial charge in [-0.25, -0.2) is 4.98 Å². The Morgan fingerprint density at radius 3 is 2.68 bits per heavy atom. The molecule has 1 saturated heterocycles. The lowest BCUT2D eigenvalue weighted by atomic mass is 9.94. The Bertz CT molecular complexity index is 1780. The average molecular weight is 613 g/mol. The van der Waals surface area contributed by atoms with Gasteiger partial charge in [-0.05, 0) is 86.3 Å². The second kappa shape index (κ2) is 12.3. The van der Waals surface area contributed by atoms with E-state index in [9.17, 15) is 14.7 Å². The highest BCUT2D eigenvalue weighted by Gasteiger charge is 2.48. The monoisotopic (exact) mass is 612 g/mol. The number of carbonyl (C=O) groups is 2. The molecule has 0 spiro atoms. The molecule has 1 fully saturated rings. The molecule has 2 unspecified atom stereocenters. The van der Waals surface area contributed by atoms with Gasteiger partial charge in [0.2, 0.25) is 0 Å². The zero-order valence-corrected chi connectivity index (χ0v) is 26.2. The minimum atomic E-state index is -0.937. The number of aliphatic hydroxyl groups is 1. The van der Waals surface area contributed by atoms with Gasteiger partial charge in [-0.1, -0.05) is 43.2 Å². The zero-order chi connectivity index (χ0) is 31.0. The lowest BCUT2D eigenvalue weighted by Crippen LogP contribution is -2.29. The highest BCUT2D eigenvalue weighted by molar-refractivity contribution is 7.22. The number of fused-ring (bicyclic) bond motifs is 2. The van der Waals surface area contributed by atoms with E-state index < -0.39 is 17.7 Å². The van der Waals surface area contributed by atoms with Crippen LogP contribution in [0.25, 0.3) is 16.0 Å². The molecule has 2 aliphatic heterocycles. The van der Waals surface area contributed by atoms with Crippen LogP contribution in [0.1, 0.15) is 68.3 Å². The molecule has 6 rings (SSSR count). The number of rotatable bonds is 10. The van der Waals surface area contributed by atoms with Gasteiger partial charge < -0.3 is 19.3 Å². The number of carbonyl (C=O) groups excluding carboxylic acids is 2. The molecule has 1 aromatic heterocycles. The Morgan fingerprint density at radius 2 is 1.89 bits per heavy atom. The van der Waals surface area contributed by atoms with Crippen LogP contribution in [0.4, 0.5) is 5.13 Å². The normalized spacial score (nSPS) is 19.0. The minimum absolute atomic E-state index is 0.00332. The van der Waals surface area contributed by atoms with Gasteiger partial charge in [-0.2, -0.15) is 0 Å². The Hall–Kier alpha value is -4.37. The summed E-state index contributed by atoms with van der Waals surface area (Å²) in [7, 11) is 0. The summed E-state index contributed by atoms with van der Waals surface area (Å²) in [6.07, 6.45) is 3.78. The van der Waals surface area contributed by atoms with Crippen molar-refractivity contribution >= 4 is 44.1 Å². The molecule has 0 radical (unpaired) electrons. The highest BCUT2D eigenvalue weighted by atomic mass is 32.1. The predicted molar refractivity (Wildman–Crippen MR) is 172 cm³/mol. The number of ether oxygens (including phenoxy) is 3. The van der Waals surface area contributed by atoms with Crippen LogP contribution < -0.4 is 19.1 Å². The number of aliphatic hydroxyl groups excluding tert-OH is 1. The third-order valence-corrected chi connectivity index (χ3v) is 8.96. The Balaban J connectivity index is 1.49. The molecule has 0 bridgehead atoms. The zero-order valence-electron chi connectivity index (χ0n) is 25.4. The van der Waals surface area contributed by atoms with E-state index in [1.807, 2.05) is 57.2 Å². The van der Waals surface area contributed by atoms with E-state index in [-0.39, 0.29) is 17.4 Å². The Labute approximate surface area is 260 Å². The molecule has 44 heavy (non-hydrogen) atoms. The average Bonchev–Trinajstić information content (AvgIpc) is 3.67. The van der Waals surface area contributed by atoms with Crippen LogP contribution >= 0.6 is 11.3 Å². The van der Waals surface area contributed by atoms with E-state index in [0.29, 0.717) is 47.4 Å².